The summed E-state index contributed by atoms with van der Waals surface area (Å²) in [5, 5.41) is 11.8. The molecular weight excluding hydrogens is 312 g/mol. The van der Waals surface area contributed by atoms with Gasteiger partial charge in [-0.25, -0.2) is 4.79 Å². The molecule has 0 aliphatic carbocycles. The number of aromatic nitrogens is 1. The minimum Gasteiger partial charge on any atom is -0.480 e. The number of rotatable bonds is 6. The van der Waals surface area contributed by atoms with E-state index in [1.165, 1.54) is 0 Å². The van der Waals surface area contributed by atoms with Gasteiger partial charge in [0.2, 0.25) is 0 Å². The number of carboxylic acids is 1. The lowest BCUT2D eigenvalue weighted by molar-refractivity contribution is -0.140. The van der Waals surface area contributed by atoms with Crippen molar-refractivity contribution in [1.82, 2.24) is 9.88 Å². The van der Waals surface area contributed by atoms with Gasteiger partial charge in [-0.15, -0.1) is 0 Å². The van der Waals surface area contributed by atoms with Gasteiger partial charge in [-0.05, 0) is 34.8 Å². The van der Waals surface area contributed by atoms with Crippen LogP contribution in [0.3, 0.4) is 0 Å². The van der Waals surface area contributed by atoms with E-state index in [0.29, 0.717) is 18.7 Å². The molecule has 1 amide bonds. The van der Waals surface area contributed by atoms with Crippen molar-refractivity contribution in [3.05, 3.63) is 22.4 Å². The molecule has 0 aliphatic rings. The van der Waals surface area contributed by atoms with Crippen LogP contribution in [0.2, 0.25) is 0 Å². The maximum Gasteiger partial charge on any atom is 0.326 e. The molecule has 1 aromatic heterocycles. The van der Waals surface area contributed by atoms with Crippen LogP contribution in [0.5, 0.6) is 0 Å². The molecule has 6 heteroatoms. The molecule has 0 unspecified atom stereocenters. The SMILES string of the molecule is CC[C@H](C)[C@H](NC(=O)c1cc(Br)cn1CC)C(=O)O. The quantitative estimate of drug-likeness (QED) is 0.841. The summed E-state index contributed by atoms with van der Waals surface area (Å²) in [4.78, 5) is 23.4. The van der Waals surface area contributed by atoms with E-state index in [-0.39, 0.29) is 11.8 Å². The van der Waals surface area contributed by atoms with Gasteiger partial charge in [0, 0.05) is 17.2 Å². The van der Waals surface area contributed by atoms with Gasteiger partial charge in [0.25, 0.3) is 5.91 Å². The fraction of sp³-hybridized carbons (Fsp3) is 0.538. The Labute approximate surface area is 121 Å². The normalized spacial score (nSPS) is 13.9. The van der Waals surface area contributed by atoms with Crippen molar-refractivity contribution in [3.8, 4) is 0 Å². The van der Waals surface area contributed by atoms with E-state index in [2.05, 4.69) is 21.2 Å². The van der Waals surface area contributed by atoms with E-state index in [9.17, 15) is 14.7 Å². The van der Waals surface area contributed by atoms with Gasteiger partial charge in [-0.2, -0.15) is 0 Å². The first-order valence-electron chi connectivity index (χ1n) is 6.30. The first kappa shape index (κ1) is 15.8. The van der Waals surface area contributed by atoms with Crippen LogP contribution in [0.1, 0.15) is 37.7 Å². The van der Waals surface area contributed by atoms with Crippen LogP contribution in [0.25, 0.3) is 0 Å². The molecule has 106 valence electrons. The Hall–Kier alpha value is -1.30. The van der Waals surface area contributed by atoms with Crippen LogP contribution in [0, 0.1) is 5.92 Å². The van der Waals surface area contributed by atoms with Gasteiger partial charge < -0.3 is 15.0 Å². The Bertz CT molecular complexity index is 470. The van der Waals surface area contributed by atoms with Crippen molar-refractivity contribution in [1.29, 1.82) is 0 Å². The maximum atomic E-state index is 12.2. The zero-order valence-corrected chi connectivity index (χ0v) is 12.9. The van der Waals surface area contributed by atoms with Crippen molar-refractivity contribution in [2.75, 3.05) is 0 Å². The number of aryl methyl sites for hydroxylation is 1. The number of amides is 1. The van der Waals surface area contributed by atoms with Gasteiger partial charge in [-0.3, -0.25) is 4.79 Å². The van der Waals surface area contributed by atoms with Crippen LogP contribution in [0.15, 0.2) is 16.7 Å². The van der Waals surface area contributed by atoms with Gasteiger partial charge in [0.1, 0.15) is 11.7 Å². The minimum atomic E-state index is -1.00. The summed E-state index contributed by atoms with van der Waals surface area (Å²) < 4.78 is 2.57. The van der Waals surface area contributed by atoms with Crippen LogP contribution < -0.4 is 5.32 Å². The summed E-state index contributed by atoms with van der Waals surface area (Å²) in [6.45, 7) is 6.29. The zero-order valence-electron chi connectivity index (χ0n) is 11.3. The number of carbonyl (C=O) groups excluding carboxylic acids is 1. The van der Waals surface area contributed by atoms with Crippen molar-refractivity contribution >= 4 is 27.8 Å². The smallest absolute Gasteiger partial charge is 0.326 e. The summed E-state index contributed by atoms with van der Waals surface area (Å²) in [5.41, 5.74) is 0.462. The number of aliphatic carboxylic acids is 1. The lowest BCUT2D eigenvalue weighted by Gasteiger charge is -2.20. The lowest BCUT2D eigenvalue weighted by Crippen LogP contribution is -2.45. The number of carbonyl (C=O) groups is 2. The van der Waals surface area contributed by atoms with Gasteiger partial charge >= 0.3 is 5.97 Å². The minimum absolute atomic E-state index is 0.116. The molecule has 5 nitrogen and oxygen atoms in total. The molecule has 0 radical (unpaired) electrons. The second-order valence-electron chi connectivity index (χ2n) is 4.50. The molecule has 1 heterocycles. The summed E-state index contributed by atoms with van der Waals surface area (Å²) in [6, 6.07) is 0.824. The van der Waals surface area contributed by atoms with Gasteiger partial charge in [0.05, 0.1) is 0 Å². The Kier molecular flexibility index (Phi) is 5.60. The largest absolute Gasteiger partial charge is 0.480 e. The summed E-state index contributed by atoms with van der Waals surface area (Å²) in [6.07, 6.45) is 2.49. The first-order valence-corrected chi connectivity index (χ1v) is 7.09. The Morgan fingerprint density at radius 2 is 2.11 bits per heavy atom. The monoisotopic (exact) mass is 330 g/mol. The average Bonchev–Trinajstić information content (AvgIpc) is 2.75. The number of carboxylic acid groups (broad SMARTS) is 1. The lowest BCUT2D eigenvalue weighted by atomic mass is 9.99. The van der Waals surface area contributed by atoms with Gasteiger partial charge in [-0.1, -0.05) is 20.3 Å². The van der Waals surface area contributed by atoms with Crippen LogP contribution in [0.4, 0.5) is 0 Å². The Morgan fingerprint density at radius 1 is 1.47 bits per heavy atom. The first-order chi connectivity index (χ1) is 8.90. The molecule has 1 rings (SSSR count). The summed E-state index contributed by atoms with van der Waals surface area (Å²) in [7, 11) is 0. The predicted octanol–water partition coefficient (Wildman–Crippen LogP) is 2.50. The fourth-order valence-corrected chi connectivity index (χ4v) is 2.29. The second-order valence-corrected chi connectivity index (χ2v) is 5.42. The Balaban J connectivity index is 2.90. The third kappa shape index (κ3) is 3.83. The highest BCUT2D eigenvalue weighted by Gasteiger charge is 2.26. The molecule has 0 bridgehead atoms. The van der Waals surface area contributed by atoms with E-state index in [4.69, 9.17) is 0 Å². The van der Waals surface area contributed by atoms with E-state index < -0.39 is 12.0 Å². The number of hydrogen-bond acceptors (Lipinski definition) is 2. The third-order valence-electron chi connectivity index (χ3n) is 3.20. The topological polar surface area (TPSA) is 71.3 Å². The average molecular weight is 331 g/mol. The molecule has 0 aliphatic heterocycles. The summed E-state index contributed by atoms with van der Waals surface area (Å²) in [5.74, 6) is -1.48. The van der Waals surface area contributed by atoms with E-state index in [0.717, 1.165) is 4.47 Å². The Morgan fingerprint density at radius 3 is 2.58 bits per heavy atom. The highest BCUT2D eigenvalue weighted by atomic mass is 79.9. The van der Waals surface area contributed by atoms with Crippen molar-refractivity contribution < 1.29 is 14.7 Å². The number of nitrogens with zero attached hydrogens (tertiary/aromatic N) is 1. The van der Waals surface area contributed by atoms with E-state index in [1.807, 2.05) is 20.8 Å². The number of halogens is 1. The van der Waals surface area contributed by atoms with Crippen molar-refractivity contribution in [3.63, 3.8) is 0 Å². The van der Waals surface area contributed by atoms with Crippen molar-refractivity contribution in [2.24, 2.45) is 5.92 Å². The van der Waals surface area contributed by atoms with Crippen LogP contribution in [-0.4, -0.2) is 27.6 Å². The van der Waals surface area contributed by atoms with Gasteiger partial charge in [0.15, 0.2) is 0 Å². The molecule has 2 atom stereocenters. The number of nitrogens with one attached hydrogen (secondary N) is 1. The molecule has 2 N–H and O–H groups in total. The zero-order chi connectivity index (χ0) is 14.6. The molecule has 0 aromatic carbocycles. The predicted molar refractivity (Wildman–Crippen MR) is 76.2 cm³/mol. The molecule has 0 saturated heterocycles. The molecule has 1 aromatic rings. The molecule has 0 fully saturated rings. The highest BCUT2D eigenvalue weighted by molar-refractivity contribution is 9.10. The summed E-state index contributed by atoms with van der Waals surface area (Å²) >= 11 is 3.31. The second kappa shape index (κ2) is 6.75. The molecule has 19 heavy (non-hydrogen) atoms. The number of hydrogen-bond donors (Lipinski definition) is 2. The standard InChI is InChI=1S/C13H19BrN2O3/c1-4-8(3)11(13(18)19)15-12(17)10-6-9(14)7-16(10)5-2/h6-8,11H,4-5H2,1-3H3,(H,15,17)(H,18,19)/t8-,11-/m0/s1. The van der Waals surface area contributed by atoms with E-state index >= 15 is 0 Å². The highest BCUT2D eigenvalue weighted by Crippen LogP contribution is 2.16. The van der Waals surface area contributed by atoms with Crippen LogP contribution >= 0.6 is 15.9 Å². The molecule has 0 saturated carbocycles. The van der Waals surface area contributed by atoms with Crippen LogP contribution in [-0.2, 0) is 11.3 Å². The molecule has 0 spiro atoms. The maximum absolute atomic E-state index is 12.2. The molecular formula is C13H19BrN2O3. The third-order valence-corrected chi connectivity index (χ3v) is 3.64. The fourth-order valence-electron chi connectivity index (χ4n) is 1.83. The van der Waals surface area contributed by atoms with E-state index in [1.54, 1.807) is 16.8 Å². The van der Waals surface area contributed by atoms with Crippen molar-refractivity contribution in [2.45, 2.75) is 39.8 Å².